The van der Waals surface area contributed by atoms with Gasteiger partial charge in [-0.25, -0.2) is 13.1 Å². The average Bonchev–Trinajstić information content (AvgIpc) is 2.49. The van der Waals surface area contributed by atoms with Crippen molar-refractivity contribution in [1.82, 2.24) is 4.72 Å². The summed E-state index contributed by atoms with van der Waals surface area (Å²) in [6.45, 7) is -1.58. The minimum Gasteiger partial charge on any atom is -0.372 e. The van der Waals surface area contributed by atoms with Crippen LogP contribution in [0.4, 0.5) is 18.9 Å². The molecule has 0 saturated carbocycles. The SMILES string of the molecule is O=C1CCc2cc(S(=O)(=O)NCCCOCC(F)(F)F)ccc2N1. The number of rotatable bonds is 7. The molecule has 1 aliphatic rings. The Morgan fingerprint density at radius 3 is 2.71 bits per heavy atom. The number of halogens is 3. The first-order valence-electron chi connectivity index (χ1n) is 7.24. The zero-order valence-corrected chi connectivity index (χ0v) is 13.5. The third-order valence-corrected chi connectivity index (χ3v) is 4.76. The normalized spacial score (nSPS) is 15.0. The number of sulfonamides is 1. The van der Waals surface area contributed by atoms with Crippen molar-refractivity contribution in [1.29, 1.82) is 0 Å². The topological polar surface area (TPSA) is 84.5 Å². The number of aryl methyl sites for hydroxylation is 1. The van der Waals surface area contributed by atoms with Crippen LogP contribution in [-0.4, -0.2) is 40.3 Å². The van der Waals surface area contributed by atoms with E-state index in [1.54, 1.807) is 0 Å². The molecule has 0 radical (unpaired) electrons. The summed E-state index contributed by atoms with van der Waals surface area (Å²) in [6, 6.07) is 4.37. The third kappa shape index (κ3) is 5.46. The number of fused-ring (bicyclic) bond motifs is 1. The van der Waals surface area contributed by atoms with Crippen molar-refractivity contribution in [3.8, 4) is 0 Å². The van der Waals surface area contributed by atoms with E-state index in [9.17, 15) is 26.4 Å². The first-order valence-corrected chi connectivity index (χ1v) is 8.73. The Bertz CT molecular complexity index is 704. The summed E-state index contributed by atoms with van der Waals surface area (Å²) >= 11 is 0. The number of benzene rings is 1. The standard InChI is InChI=1S/C14H17F3N2O4S/c15-14(16,17)9-23-7-1-6-18-24(21,22)11-3-4-12-10(8-11)2-5-13(20)19-12/h3-4,8,18H,1-2,5-7,9H2,(H,19,20). The van der Waals surface area contributed by atoms with Crippen LogP contribution < -0.4 is 10.0 Å². The van der Waals surface area contributed by atoms with Crippen LogP contribution in [0.5, 0.6) is 0 Å². The summed E-state index contributed by atoms with van der Waals surface area (Å²) in [4.78, 5) is 11.3. The molecule has 0 unspecified atom stereocenters. The molecule has 1 heterocycles. The number of amides is 1. The van der Waals surface area contributed by atoms with Gasteiger partial charge in [0.05, 0.1) is 4.90 Å². The van der Waals surface area contributed by atoms with Gasteiger partial charge in [0.1, 0.15) is 6.61 Å². The van der Waals surface area contributed by atoms with Gasteiger partial charge in [-0.2, -0.15) is 13.2 Å². The van der Waals surface area contributed by atoms with Crippen LogP contribution in [0.15, 0.2) is 23.1 Å². The number of hydrogen-bond acceptors (Lipinski definition) is 4. The molecule has 1 amide bonds. The molecule has 2 N–H and O–H groups in total. The van der Waals surface area contributed by atoms with Crippen LogP contribution >= 0.6 is 0 Å². The molecule has 1 aromatic carbocycles. The van der Waals surface area contributed by atoms with Crippen molar-refractivity contribution >= 4 is 21.6 Å². The summed E-state index contributed by atoms with van der Waals surface area (Å²) in [5.41, 5.74) is 1.32. The Kier molecular flexibility index (Phi) is 5.83. The summed E-state index contributed by atoms with van der Waals surface area (Å²) in [5, 5.41) is 2.65. The second kappa shape index (κ2) is 7.49. The lowest BCUT2D eigenvalue weighted by Crippen LogP contribution is -2.27. The number of anilines is 1. The molecule has 1 aromatic rings. The van der Waals surface area contributed by atoms with Crippen LogP contribution in [0.3, 0.4) is 0 Å². The smallest absolute Gasteiger partial charge is 0.372 e. The molecule has 0 bridgehead atoms. The van der Waals surface area contributed by atoms with Crippen LogP contribution in [0.1, 0.15) is 18.4 Å². The Morgan fingerprint density at radius 1 is 1.25 bits per heavy atom. The molecular formula is C14H17F3N2O4S. The molecule has 134 valence electrons. The van der Waals surface area contributed by atoms with Crippen molar-refractivity contribution in [2.24, 2.45) is 0 Å². The van der Waals surface area contributed by atoms with Gasteiger partial charge in [0.2, 0.25) is 15.9 Å². The van der Waals surface area contributed by atoms with Crippen molar-refractivity contribution in [2.75, 3.05) is 25.1 Å². The fraction of sp³-hybridized carbons (Fsp3) is 0.500. The first-order chi connectivity index (χ1) is 11.2. The summed E-state index contributed by atoms with van der Waals surface area (Å²) in [7, 11) is -3.76. The van der Waals surface area contributed by atoms with Crippen LogP contribution in [-0.2, 0) is 26.0 Å². The van der Waals surface area contributed by atoms with Crippen molar-refractivity contribution in [3.05, 3.63) is 23.8 Å². The molecule has 2 rings (SSSR count). The monoisotopic (exact) mass is 366 g/mol. The first kappa shape index (κ1) is 18.7. The van der Waals surface area contributed by atoms with Gasteiger partial charge in [-0.05, 0) is 36.6 Å². The highest BCUT2D eigenvalue weighted by molar-refractivity contribution is 7.89. The molecule has 0 aliphatic carbocycles. The van der Waals surface area contributed by atoms with Crippen molar-refractivity contribution in [3.63, 3.8) is 0 Å². The molecule has 1 aliphatic heterocycles. The number of alkyl halides is 3. The van der Waals surface area contributed by atoms with Gasteiger partial charge in [-0.3, -0.25) is 4.79 Å². The Labute approximate surface area is 137 Å². The fourth-order valence-electron chi connectivity index (χ4n) is 2.18. The van der Waals surface area contributed by atoms with Gasteiger partial charge in [-0.15, -0.1) is 0 Å². The van der Waals surface area contributed by atoms with Crippen molar-refractivity contribution < 1.29 is 31.1 Å². The number of hydrogen-bond donors (Lipinski definition) is 2. The van der Waals surface area contributed by atoms with Gasteiger partial charge in [0.25, 0.3) is 0 Å². The van der Waals surface area contributed by atoms with E-state index in [1.807, 2.05) is 0 Å². The minimum atomic E-state index is -4.39. The van der Waals surface area contributed by atoms with Crippen molar-refractivity contribution in [2.45, 2.75) is 30.3 Å². The summed E-state index contributed by atoms with van der Waals surface area (Å²) in [6.07, 6.45) is -3.52. The second-order valence-corrected chi connectivity index (χ2v) is 7.05. The third-order valence-electron chi connectivity index (χ3n) is 3.31. The molecule has 0 aromatic heterocycles. The summed E-state index contributed by atoms with van der Waals surface area (Å²) < 4.78 is 66.6. The Hall–Kier alpha value is -1.65. The fourth-order valence-corrected chi connectivity index (χ4v) is 3.30. The highest BCUT2D eigenvalue weighted by atomic mass is 32.2. The number of ether oxygens (including phenoxy) is 1. The predicted molar refractivity (Wildman–Crippen MR) is 80.1 cm³/mol. The maximum Gasteiger partial charge on any atom is 0.411 e. The molecule has 24 heavy (non-hydrogen) atoms. The number of carbonyl (C=O) groups excluding carboxylic acids is 1. The van der Waals surface area contributed by atoms with E-state index in [1.165, 1.54) is 18.2 Å². The molecule has 0 atom stereocenters. The van der Waals surface area contributed by atoms with E-state index in [4.69, 9.17) is 0 Å². The number of nitrogens with one attached hydrogen (secondary N) is 2. The van der Waals surface area contributed by atoms with Gasteiger partial charge in [0, 0.05) is 25.3 Å². The Morgan fingerprint density at radius 2 is 2.00 bits per heavy atom. The maximum absolute atomic E-state index is 12.2. The molecule has 6 nitrogen and oxygen atoms in total. The molecular weight excluding hydrogens is 349 g/mol. The lowest BCUT2D eigenvalue weighted by Gasteiger charge is -2.17. The van der Waals surface area contributed by atoms with E-state index < -0.39 is 22.8 Å². The number of carbonyl (C=O) groups is 1. The average molecular weight is 366 g/mol. The van der Waals surface area contributed by atoms with Crippen LogP contribution in [0.25, 0.3) is 0 Å². The largest absolute Gasteiger partial charge is 0.411 e. The van der Waals surface area contributed by atoms with Crippen LogP contribution in [0, 0.1) is 0 Å². The molecule has 0 fully saturated rings. The zero-order valence-electron chi connectivity index (χ0n) is 12.6. The van der Waals surface area contributed by atoms with Crippen LogP contribution in [0.2, 0.25) is 0 Å². The maximum atomic E-state index is 12.2. The predicted octanol–water partition coefficient (Wildman–Crippen LogP) is 1.82. The molecule has 0 spiro atoms. The Balaban J connectivity index is 1.86. The lowest BCUT2D eigenvalue weighted by atomic mass is 10.0. The van der Waals surface area contributed by atoms with E-state index in [0.717, 1.165) is 5.56 Å². The van der Waals surface area contributed by atoms with E-state index >= 15 is 0 Å². The summed E-state index contributed by atoms with van der Waals surface area (Å²) in [5.74, 6) is -0.116. The van der Waals surface area contributed by atoms with Gasteiger partial charge >= 0.3 is 6.18 Å². The lowest BCUT2D eigenvalue weighted by molar-refractivity contribution is -0.173. The zero-order chi connectivity index (χ0) is 17.8. The molecule has 0 saturated heterocycles. The highest BCUT2D eigenvalue weighted by Crippen LogP contribution is 2.25. The minimum absolute atomic E-state index is 0.0337. The van der Waals surface area contributed by atoms with Gasteiger partial charge in [0.15, 0.2) is 0 Å². The van der Waals surface area contributed by atoms with Gasteiger partial charge < -0.3 is 10.1 Å². The highest BCUT2D eigenvalue weighted by Gasteiger charge is 2.27. The van der Waals surface area contributed by atoms with Gasteiger partial charge in [-0.1, -0.05) is 0 Å². The molecule has 10 heteroatoms. The van der Waals surface area contributed by atoms with E-state index in [-0.39, 0.29) is 30.4 Å². The van der Waals surface area contributed by atoms with E-state index in [2.05, 4.69) is 14.8 Å². The van der Waals surface area contributed by atoms with E-state index in [0.29, 0.717) is 18.5 Å². The quantitative estimate of drug-likeness (QED) is 0.721. The second-order valence-electron chi connectivity index (χ2n) is 5.29.